The van der Waals surface area contributed by atoms with Gasteiger partial charge in [0.05, 0.1) is 18.6 Å². The summed E-state index contributed by atoms with van der Waals surface area (Å²) < 4.78 is 18.5. The van der Waals surface area contributed by atoms with Gasteiger partial charge in [-0.1, -0.05) is 171 Å². The van der Waals surface area contributed by atoms with Gasteiger partial charge in [0.15, 0.2) is 0 Å². The van der Waals surface area contributed by atoms with Crippen LogP contribution in [0.5, 0.6) is 0 Å². The predicted molar refractivity (Wildman–Crippen MR) is 240 cm³/mol. The number of hydrogen-bond donors (Lipinski definition) is 0. The van der Waals surface area contributed by atoms with Crippen LogP contribution in [0.15, 0.2) is 72.8 Å². The number of fused-ring (bicyclic) bond motifs is 10. The maximum Gasteiger partial charge on any atom is 0.494 e. The molecule has 1 aliphatic heterocycles. The maximum atomic E-state index is 6.19. The second-order valence-electron chi connectivity index (χ2n) is 17.3. The minimum absolute atomic E-state index is 0.106. The van der Waals surface area contributed by atoms with Gasteiger partial charge in [-0.05, 0) is 104 Å². The van der Waals surface area contributed by atoms with E-state index in [0.29, 0.717) is 20.7 Å². The Hall–Kier alpha value is -2.68. The molecule has 0 radical (unpaired) electrons. The molecule has 0 saturated carbocycles. The van der Waals surface area contributed by atoms with Gasteiger partial charge in [0, 0.05) is 6.61 Å². The number of benzene rings is 4. The summed E-state index contributed by atoms with van der Waals surface area (Å²) in [6.45, 7) is 16.4. The van der Waals surface area contributed by atoms with E-state index >= 15 is 0 Å². The largest absolute Gasteiger partial charge is 0.494 e. The molecule has 290 valence electrons. The highest BCUT2D eigenvalue weighted by Gasteiger charge is 2.53. The first-order valence-corrected chi connectivity index (χ1v) is 22.7. The van der Waals surface area contributed by atoms with Gasteiger partial charge in [-0.2, -0.15) is 0 Å². The third-order valence-corrected chi connectivity index (χ3v) is 14.1. The normalized spacial score (nSPS) is 18.9. The first-order chi connectivity index (χ1) is 26.8. The van der Waals surface area contributed by atoms with E-state index in [0.717, 1.165) is 31.1 Å². The van der Waals surface area contributed by atoms with Crippen LogP contribution in [-0.4, -0.2) is 40.6 Å². The zero-order valence-electron chi connectivity index (χ0n) is 34.8. The van der Waals surface area contributed by atoms with Crippen molar-refractivity contribution in [3.05, 3.63) is 106 Å². The molecule has 3 atom stereocenters. The minimum atomic E-state index is -0.472. The summed E-state index contributed by atoms with van der Waals surface area (Å²) in [7, 11) is 3.08. The van der Waals surface area contributed by atoms with Crippen LogP contribution in [0.3, 0.4) is 0 Å². The summed E-state index contributed by atoms with van der Waals surface area (Å²) in [5.41, 5.74) is 16.0. The van der Waals surface area contributed by atoms with Crippen molar-refractivity contribution in [2.45, 2.75) is 135 Å². The van der Waals surface area contributed by atoms with E-state index in [1.807, 2.05) is 0 Å². The molecule has 1 heterocycles. The number of unbranched alkanes of at least 4 members (excludes halogenated alkanes) is 6. The lowest BCUT2D eigenvalue weighted by Gasteiger charge is -2.35. The predicted octanol–water partition coefficient (Wildman–Crippen LogP) is 10.9. The van der Waals surface area contributed by atoms with Gasteiger partial charge in [0.1, 0.15) is 0 Å². The van der Waals surface area contributed by atoms with Crippen LogP contribution in [-0.2, 0) is 30.2 Å². The highest BCUT2D eigenvalue weighted by molar-refractivity contribution is 7.16. The summed E-state index contributed by atoms with van der Waals surface area (Å²) in [5, 5.41) is 0. The summed E-state index contributed by atoms with van der Waals surface area (Å²) in [5.74, 6) is 0. The molecule has 0 amide bonds. The highest BCUT2D eigenvalue weighted by atomic mass is 31.0. The van der Waals surface area contributed by atoms with E-state index in [1.165, 1.54) is 125 Å². The van der Waals surface area contributed by atoms with Crippen molar-refractivity contribution in [1.29, 1.82) is 0 Å². The van der Waals surface area contributed by atoms with Gasteiger partial charge in [-0.15, -0.1) is 9.24 Å². The first-order valence-electron chi connectivity index (χ1n) is 21.9. The lowest BCUT2D eigenvalue weighted by molar-refractivity contribution is 0.365. The molecule has 7 rings (SSSR count). The van der Waals surface area contributed by atoms with Crippen LogP contribution in [0.4, 0.5) is 0 Å². The van der Waals surface area contributed by atoms with Crippen LogP contribution in [0.2, 0.25) is 0 Å². The summed E-state index contributed by atoms with van der Waals surface area (Å²) in [6, 6.07) is 29.4. The second kappa shape index (κ2) is 17.4. The Morgan fingerprint density at radius 3 is 1.64 bits per heavy atom. The Morgan fingerprint density at radius 1 is 0.636 bits per heavy atom. The molecule has 0 bridgehead atoms. The quantitative estimate of drug-likeness (QED) is 0.0468. The van der Waals surface area contributed by atoms with Crippen LogP contribution < -0.4 is 10.9 Å². The Kier molecular flexibility index (Phi) is 12.8. The summed E-state index contributed by atoms with van der Waals surface area (Å²) in [4.78, 5) is 0. The SMILES string of the molecule is CCCCCCC(C)(CC)c1ccc2c(c1)C1(c3cc(BOCCP)ccc3-c3ccc(B4OCCO4)cc31)c1cc(C(C)(CC)CCCCCC)ccc1-2. The fourth-order valence-electron chi connectivity index (χ4n) is 10.0. The lowest BCUT2D eigenvalue weighted by Crippen LogP contribution is -2.34. The molecule has 4 aromatic rings. The monoisotopic (exact) mass is 754 g/mol. The van der Waals surface area contributed by atoms with Gasteiger partial charge in [0.25, 0.3) is 0 Å². The molecule has 1 spiro atoms. The van der Waals surface area contributed by atoms with Gasteiger partial charge in [-0.3, -0.25) is 0 Å². The van der Waals surface area contributed by atoms with Crippen molar-refractivity contribution in [3.8, 4) is 22.3 Å². The van der Waals surface area contributed by atoms with Crippen molar-refractivity contribution in [1.82, 2.24) is 0 Å². The number of hydrogen-bond acceptors (Lipinski definition) is 3. The Morgan fingerprint density at radius 2 is 1.13 bits per heavy atom. The van der Waals surface area contributed by atoms with Gasteiger partial charge >= 0.3 is 14.6 Å². The fraction of sp³-hybridized carbons (Fsp3) is 0.510. The Labute approximate surface area is 336 Å². The third kappa shape index (κ3) is 7.46. The van der Waals surface area contributed by atoms with Crippen LogP contribution in [0, 0.1) is 0 Å². The second-order valence-corrected chi connectivity index (χ2v) is 17.9. The van der Waals surface area contributed by atoms with E-state index in [1.54, 1.807) is 0 Å². The van der Waals surface area contributed by atoms with Gasteiger partial charge < -0.3 is 14.0 Å². The molecule has 6 heteroatoms. The van der Waals surface area contributed by atoms with E-state index < -0.39 is 5.41 Å². The zero-order chi connectivity index (χ0) is 38.6. The van der Waals surface area contributed by atoms with E-state index in [-0.39, 0.29) is 17.9 Å². The molecule has 55 heavy (non-hydrogen) atoms. The molecule has 2 aliphatic carbocycles. The summed E-state index contributed by atoms with van der Waals surface area (Å²) >= 11 is 0. The summed E-state index contributed by atoms with van der Waals surface area (Å²) in [6.07, 6.45) is 15.9. The molecular weight excluding hydrogens is 689 g/mol. The average molecular weight is 755 g/mol. The van der Waals surface area contributed by atoms with Crippen molar-refractivity contribution in [2.24, 2.45) is 0 Å². The molecule has 3 nitrogen and oxygen atoms in total. The minimum Gasteiger partial charge on any atom is -0.434 e. The standard InChI is InChI=1S/C49H65B2O3P/c1-7-11-13-15-25-47(5,9-3)35-17-21-39-40-22-18-36(48(6,10-4)26-16-14-12-8-2)32-44(40)49(43(39)31-35)45-33-37(50-52-29-30-55)19-23-41(45)42-24-20-38(34-46(42)49)51-53-27-28-54-51/h17-24,31-34,50H,7-16,25-30,55H2,1-6H3. The van der Waals surface area contributed by atoms with Crippen LogP contribution in [0.1, 0.15) is 152 Å². The molecule has 4 aromatic carbocycles. The molecule has 3 unspecified atom stereocenters. The van der Waals surface area contributed by atoms with Crippen LogP contribution in [0.25, 0.3) is 22.3 Å². The van der Waals surface area contributed by atoms with Crippen molar-refractivity contribution in [3.63, 3.8) is 0 Å². The Balaban J connectivity index is 1.49. The molecule has 1 saturated heterocycles. The highest BCUT2D eigenvalue weighted by Crippen LogP contribution is 2.63. The van der Waals surface area contributed by atoms with Crippen molar-refractivity contribution >= 4 is 34.8 Å². The molecular formula is C49H65B2O3P. The average Bonchev–Trinajstić information content (AvgIpc) is 3.93. The topological polar surface area (TPSA) is 27.7 Å². The van der Waals surface area contributed by atoms with Gasteiger partial charge in [0.2, 0.25) is 0 Å². The zero-order valence-corrected chi connectivity index (χ0v) is 36.0. The Bertz CT molecular complexity index is 1880. The van der Waals surface area contributed by atoms with Gasteiger partial charge in [-0.25, -0.2) is 0 Å². The van der Waals surface area contributed by atoms with E-state index in [2.05, 4.69) is 124 Å². The van der Waals surface area contributed by atoms with E-state index in [9.17, 15) is 0 Å². The molecule has 3 aliphatic rings. The van der Waals surface area contributed by atoms with Crippen LogP contribution >= 0.6 is 9.24 Å². The third-order valence-electron chi connectivity index (χ3n) is 13.9. The maximum absolute atomic E-state index is 6.19. The fourth-order valence-corrected chi connectivity index (χ4v) is 10.2. The lowest BCUT2D eigenvalue weighted by atomic mass is 9.65. The first kappa shape index (κ1) is 40.5. The molecule has 1 fully saturated rings. The molecule has 0 aromatic heterocycles. The van der Waals surface area contributed by atoms with Crippen molar-refractivity contribution in [2.75, 3.05) is 26.0 Å². The van der Waals surface area contributed by atoms with Crippen molar-refractivity contribution < 1.29 is 14.0 Å². The number of rotatable bonds is 19. The smallest absolute Gasteiger partial charge is 0.434 e. The van der Waals surface area contributed by atoms with E-state index in [4.69, 9.17) is 14.0 Å². The molecule has 0 N–H and O–H groups in total.